The van der Waals surface area contributed by atoms with Crippen LogP contribution in [-0.4, -0.2) is 38.2 Å². The van der Waals surface area contributed by atoms with E-state index >= 15 is 0 Å². The summed E-state index contributed by atoms with van der Waals surface area (Å²) in [6, 6.07) is 16.9. The number of rotatable bonds is 7. The van der Waals surface area contributed by atoms with Crippen LogP contribution in [0.1, 0.15) is 19.3 Å². The molecule has 0 unspecified atom stereocenters. The van der Waals surface area contributed by atoms with E-state index < -0.39 is 0 Å². The Labute approximate surface area is 230 Å². The van der Waals surface area contributed by atoms with Crippen LogP contribution in [0.2, 0.25) is 0 Å². The van der Waals surface area contributed by atoms with Crippen LogP contribution >= 0.6 is 11.3 Å². The minimum absolute atomic E-state index is 0.686. The number of nitrogens with one attached hydrogen (secondary N) is 4. The number of aromatic amines is 2. The highest BCUT2D eigenvalue weighted by atomic mass is 32.1. The Bertz CT molecular complexity index is 1770. The lowest BCUT2D eigenvalue weighted by Crippen LogP contribution is -2.28. The molecule has 1 aromatic carbocycles. The number of benzene rings is 1. The minimum Gasteiger partial charge on any atom is -0.358 e. The highest BCUT2D eigenvalue weighted by Crippen LogP contribution is 2.36. The van der Waals surface area contributed by atoms with Crippen molar-refractivity contribution in [3.8, 4) is 33.0 Å². The number of fused-ring (bicyclic) bond motifs is 2. The molecule has 0 bridgehead atoms. The molecule has 0 atom stereocenters. The molecule has 1 saturated heterocycles. The summed E-state index contributed by atoms with van der Waals surface area (Å²) in [6.45, 7) is 6.48. The number of nitrogens with zero attached hydrogens (tertiary/aromatic N) is 3. The van der Waals surface area contributed by atoms with Crippen molar-refractivity contribution in [2.24, 2.45) is 5.92 Å². The molecular weight excluding hydrogens is 502 g/mol. The maximum absolute atomic E-state index is 4.67. The van der Waals surface area contributed by atoms with Gasteiger partial charge in [-0.1, -0.05) is 18.7 Å². The van der Waals surface area contributed by atoms with Gasteiger partial charge < -0.3 is 15.6 Å². The van der Waals surface area contributed by atoms with Crippen LogP contribution in [0.15, 0.2) is 84.8 Å². The second-order valence-corrected chi connectivity index (χ2v) is 11.1. The van der Waals surface area contributed by atoms with Gasteiger partial charge in [-0.2, -0.15) is 5.10 Å². The molecule has 0 amide bonds. The smallest absolute Gasteiger partial charge is 0.138 e. The summed E-state index contributed by atoms with van der Waals surface area (Å²) in [6.07, 6.45) is 9.02. The van der Waals surface area contributed by atoms with Gasteiger partial charge in [0.25, 0.3) is 0 Å². The van der Waals surface area contributed by atoms with Crippen molar-refractivity contribution in [3.63, 3.8) is 0 Å². The summed E-state index contributed by atoms with van der Waals surface area (Å²) in [5, 5.41) is 19.0. The molecule has 0 saturated carbocycles. The quantitative estimate of drug-likeness (QED) is 0.175. The predicted molar refractivity (Wildman–Crippen MR) is 161 cm³/mol. The van der Waals surface area contributed by atoms with Crippen molar-refractivity contribution >= 4 is 39.0 Å². The maximum Gasteiger partial charge on any atom is 0.138 e. The van der Waals surface area contributed by atoms with E-state index in [4.69, 9.17) is 0 Å². The lowest BCUT2D eigenvalue weighted by molar-refractivity contribution is 0.373. The average molecular weight is 532 g/mol. The molecule has 1 fully saturated rings. The molecule has 4 N–H and O–H groups in total. The zero-order valence-corrected chi connectivity index (χ0v) is 22.3. The van der Waals surface area contributed by atoms with E-state index in [0.717, 1.165) is 75.3 Å². The van der Waals surface area contributed by atoms with E-state index in [0.29, 0.717) is 5.92 Å². The number of pyridine rings is 2. The highest BCUT2D eigenvalue weighted by Gasteiger charge is 2.16. The Hall–Kier alpha value is -4.27. The van der Waals surface area contributed by atoms with Crippen molar-refractivity contribution < 1.29 is 0 Å². The third kappa shape index (κ3) is 4.73. The van der Waals surface area contributed by atoms with Crippen molar-refractivity contribution in [3.05, 3.63) is 84.8 Å². The molecule has 6 aromatic rings. The van der Waals surface area contributed by atoms with E-state index in [2.05, 4.69) is 96.3 Å². The summed E-state index contributed by atoms with van der Waals surface area (Å²) in [5.74, 6) is 0.686. The van der Waals surface area contributed by atoms with Crippen LogP contribution in [0.3, 0.4) is 0 Å². The van der Waals surface area contributed by atoms with Crippen molar-refractivity contribution in [1.29, 1.82) is 0 Å². The number of allylic oxidation sites excluding steroid dienone is 1. The van der Waals surface area contributed by atoms with Crippen LogP contribution in [0, 0.1) is 5.92 Å². The fourth-order valence-corrected chi connectivity index (χ4v) is 6.32. The Morgan fingerprint density at radius 2 is 1.95 bits per heavy atom. The first-order valence-electron chi connectivity index (χ1n) is 13.3. The molecule has 0 radical (unpaired) electrons. The number of H-pyrrole nitrogens is 2. The van der Waals surface area contributed by atoms with Crippen LogP contribution in [0.5, 0.6) is 0 Å². The lowest BCUT2D eigenvalue weighted by Gasteiger charge is -2.23. The van der Waals surface area contributed by atoms with Gasteiger partial charge in [-0.15, -0.1) is 11.3 Å². The molecule has 6 heterocycles. The fourth-order valence-electron chi connectivity index (χ4n) is 5.56. The lowest BCUT2D eigenvalue weighted by atomic mass is 9.93. The second-order valence-electron chi connectivity index (χ2n) is 10.2. The molecule has 5 aromatic heterocycles. The Morgan fingerprint density at radius 1 is 1.03 bits per heavy atom. The Kier molecular flexibility index (Phi) is 6.19. The standard InChI is InChI=1S/C31H29N7S/c1-19(13-20-6-9-32-10-7-20)35-23-14-22(17-33-18-23)21-4-5-27-26(15-21)30(38-37-27)28-16-25-24(29-3-2-12-39-29)8-11-34-31(25)36-28/h2-5,8,11-12,14-18,20,32,35H,1,6-7,9-10,13H2,(H,34,36)(H,37,38). The van der Waals surface area contributed by atoms with Gasteiger partial charge in [0.2, 0.25) is 0 Å². The normalized spacial score (nSPS) is 14.3. The van der Waals surface area contributed by atoms with Gasteiger partial charge in [0.15, 0.2) is 0 Å². The Balaban J connectivity index is 1.19. The van der Waals surface area contributed by atoms with Gasteiger partial charge >= 0.3 is 0 Å². The van der Waals surface area contributed by atoms with E-state index in [1.165, 1.54) is 23.3 Å². The number of thiophene rings is 1. The van der Waals surface area contributed by atoms with Crippen LogP contribution < -0.4 is 10.6 Å². The van der Waals surface area contributed by atoms with Gasteiger partial charge in [-0.25, -0.2) is 4.98 Å². The SMILES string of the molecule is C=C(CC1CCNCC1)Nc1cncc(-c2ccc3[nH]nc(-c4cc5c(-c6cccs6)ccnc5[nH]4)c3c2)c1. The van der Waals surface area contributed by atoms with E-state index in [1.807, 2.05) is 18.6 Å². The number of piperidine rings is 1. The van der Waals surface area contributed by atoms with Crippen molar-refractivity contribution in [1.82, 2.24) is 30.5 Å². The largest absolute Gasteiger partial charge is 0.358 e. The maximum atomic E-state index is 4.67. The average Bonchev–Trinajstić information content (AvgIpc) is 3.73. The monoisotopic (exact) mass is 531 g/mol. The fraction of sp³-hybridized carbons (Fsp3) is 0.194. The third-order valence-electron chi connectivity index (χ3n) is 7.52. The molecule has 194 valence electrons. The summed E-state index contributed by atoms with van der Waals surface area (Å²) in [4.78, 5) is 13.8. The zero-order chi connectivity index (χ0) is 26.2. The summed E-state index contributed by atoms with van der Waals surface area (Å²) in [5.41, 5.74) is 8.96. The minimum atomic E-state index is 0.686. The molecule has 7 rings (SSSR count). The van der Waals surface area contributed by atoms with Crippen molar-refractivity contribution in [2.75, 3.05) is 18.4 Å². The molecule has 39 heavy (non-hydrogen) atoms. The first-order valence-corrected chi connectivity index (χ1v) is 14.2. The van der Waals surface area contributed by atoms with E-state index in [9.17, 15) is 0 Å². The van der Waals surface area contributed by atoms with Crippen LogP contribution in [0.4, 0.5) is 5.69 Å². The summed E-state index contributed by atoms with van der Waals surface area (Å²) >= 11 is 1.73. The first-order chi connectivity index (χ1) is 19.2. The second kappa shape index (κ2) is 10.1. The summed E-state index contributed by atoms with van der Waals surface area (Å²) < 4.78 is 0. The zero-order valence-electron chi connectivity index (χ0n) is 21.5. The van der Waals surface area contributed by atoms with Gasteiger partial charge in [-0.05, 0) is 85.6 Å². The highest BCUT2D eigenvalue weighted by molar-refractivity contribution is 7.13. The molecule has 0 aliphatic carbocycles. The number of anilines is 1. The van der Waals surface area contributed by atoms with E-state index in [1.54, 1.807) is 11.3 Å². The van der Waals surface area contributed by atoms with E-state index in [-0.39, 0.29) is 0 Å². The van der Waals surface area contributed by atoms with Gasteiger partial charge in [-0.3, -0.25) is 10.1 Å². The third-order valence-corrected chi connectivity index (χ3v) is 8.43. The van der Waals surface area contributed by atoms with Gasteiger partial charge in [0, 0.05) is 44.9 Å². The predicted octanol–water partition coefficient (Wildman–Crippen LogP) is 7.21. The van der Waals surface area contributed by atoms with Gasteiger partial charge in [0.05, 0.1) is 23.1 Å². The van der Waals surface area contributed by atoms with Crippen LogP contribution in [-0.2, 0) is 0 Å². The molecule has 1 aliphatic rings. The van der Waals surface area contributed by atoms with Gasteiger partial charge in [0.1, 0.15) is 11.3 Å². The van der Waals surface area contributed by atoms with Crippen molar-refractivity contribution in [2.45, 2.75) is 19.3 Å². The van der Waals surface area contributed by atoms with Crippen LogP contribution in [0.25, 0.3) is 54.9 Å². The number of hydrogen-bond acceptors (Lipinski definition) is 6. The first kappa shape index (κ1) is 23.8. The number of aromatic nitrogens is 5. The molecule has 8 heteroatoms. The molecular formula is C31H29N7S. The Morgan fingerprint density at radius 3 is 2.82 bits per heavy atom. The molecule has 1 aliphatic heterocycles. The topological polar surface area (TPSA) is 94.3 Å². The summed E-state index contributed by atoms with van der Waals surface area (Å²) in [7, 11) is 0. The molecule has 0 spiro atoms. The molecule has 7 nitrogen and oxygen atoms in total. The number of hydrogen-bond donors (Lipinski definition) is 4.